The minimum Gasteiger partial charge on any atom is -0.326 e. The summed E-state index contributed by atoms with van der Waals surface area (Å²) < 4.78 is 0. The summed E-state index contributed by atoms with van der Waals surface area (Å²) in [5.41, 5.74) is 1.51. The fourth-order valence-corrected chi connectivity index (χ4v) is 4.01. The van der Waals surface area contributed by atoms with Gasteiger partial charge in [-0.05, 0) is 69.3 Å². The summed E-state index contributed by atoms with van der Waals surface area (Å²) in [6.07, 6.45) is 9.33. The van der Waals surface area contributed by atoms with E-state index in [4.69, 9.17) is 0 Å². The van der Waals surface area contributed by atoms with Crippen molar-refractivity contribution in [1.82, 2.24) is 5.32 Å². The Balaban J connectivity index is 1.46. The Morgan fingerprint density at radius 3 is 2.38 bits per heavy atom. The van der Waals surface area contributed by atoms with Gasteiger partial charge in [-0.25, -0.2) is 0 Å². The van der Waals surface area contributed by atoms with Crippen LogP contribution in [0.1, 0.15) is 57.8 Å². The molecule has 1 heterocycles. The van der Waals surface area contributed by atoms with Crippen LogP contribution in [0.15, 0.2) is 24.3 Å². The molecular weight excluding hydrogens is 326 g/mol. The molecule has 1 aliphatic heterocycles. The number of anilines is 2. The van der Waals surface area contributed by atoms with Gasteiger partial charge in [-0.1, -0.05) is 25.3 Å². The van der Waals surface area contributed by atoms with E-state index in [9.17, 15) is 9.59 Å². The fourth-order valence-electron chi connectivity index (χ4n) is 4.01. The van der Waals surface area contributed by atoms with Crippen molar-refractivity contribution in [2.24, 2.45) is 11.8 Å². The average Bonchev–Trinajstić information content (AvgIpc) is 2.68. The molecule has 0 bridgehead atoms. The molecule has 0 unspecified atom stereocenters. The van der Waals surface area contributed by atoms with Gasteiger partial charge < -0.3 is 16.0 Å². The van der Waals surface area contributed by atoms with E-state index in [1.54, 1.807) is 0 Å². The summed E-state index contributed by atoms with van der Waals surface area (Å²) in [5.74, 6) is 0.952. The van der Waals surface area contributed by atoms with Gasteiger partial charge in [0.1, 0.15) is 0 Å². The van der Waals surface area contributed by atoms with Gasteiger partial charge in [0.15, 0.2) is 0 Å². The molecule has 0 spiro atoms. The molecule has 5 heteroatoms. The second kappa shape index (κ2) is 9.72. The molecule has 0 aromatic heterocycles. The first-order chi connectivity index (χ1) is 12.7. The lowest BCUT2D eigenvalue weighted by Crippen LogP contribution is -2.28. The Labute approximate surface area is 156 Å². The van der Waals surface area contributed by atoms with Gasteiger partial charge in [0.25, 0.3) is 0 Å². The van der Waals surface area contributed by atoms with E-state index < -0.39 is 0 Å². The molecule has 2 amide bonds. The number of hydrogen-bond acceptors (Lipinski definition) is 3. The highest BCUT2D eigenvalue weighted by molar-refractivity contribution is 5.95. The first-order valence-corrected chi connectivity index (χ1v) is 10.1. The molecule has 1 aliphatic carbocycles. The van der Waals surface area contributed by atoms with Gasteiger partial charge >= 0.3 is 0 Å². The van der Waals surface area contributed by atoms with Gasteiger partial charge in [-0.2, -0.15) is 0 Å². The lowest BCUT2D eigenvalue weighted by Gasteiger charge is -2.22. The lowest BCUT2D eigenvalue weighted by atomic mass is 9.88. The standard InChI is InChI=1S/C21H31N3O2/c25-20(10-9-16-11-13-22-14-12-16)23-18-7-4-8-19(15-18)24-21(26)17-5-2-1-3-6-17/h4,7-8,15-17,22H,1-3,5-6,9-14H2,(H,23,25)(H,24,26). The van der Waals surface area contributed by atoms with Crippen LogP contribution in [0.3, 0.4) is 0 Å². The van der Waals surface area contributed by atoms with Crippen LogP contribution >= 0.6 is 0 Å². The molecule has 1 aromatic rings. The van der Waals surface area contributed by atoms with Crippen LogP contribution in [0.2, 0.25) is 0 Å². The van der Waals surface area contributed by atoms with Crippen molar-refractivity contribution < 1.29 is 9.59 Å². The molecule has 5 nitrogen and oxygen atoms in total. The maximum Gasteiger partial charge on any atom is 0.227 e. The van der Waals surface area contributed by atoms with Crippen LogP contribution < -0.4 is 16.0 Å². The summed E-state index contributed by atoms with van der Waals surface area (Å²) in [6, 6.07) is 7.48. The fraction of sp³-hybridized carbons (Fsp3) is 0.619. The third kappa shape index (κ3) is 5.84. The molecule has 142 valence electrons. The highest BCUT2D eigenvalue weighted by Gasteiger charge is 2.21. The number of nitrogens with one attached hydrogen (secondary N) is 3. The van der Waals surface area contributed by atoms with E-state index in [2.05, 4.69) is 16.0 Å². The zero-order valence-electron chi connectivity index (χ0n) is 15.6. The Bertz CT molecular complexity index is 605. The van der Waals surface area contributed by atoms with Gasteiger partial charge in [0.2, 0.25) is 11.8 Å². The number of benzene rings is 1. The Hall–Kier alpha value is -1.88. The van der Waals surface area contributed by atoms with E-state index in [0.717, 1.165) is 69.4 Å². The van der Waals surface area contributed by atoms with Crippen molar-refractivity contribution in [3.05, 3.63) is 24.3 Å². The average molecular weight is 357 g/mol. The molecular formula is C21H31N3O2. The number of carbonyl (C=O) groups is 2. The molecule has 2 fully saturated rings. The zero-order chi connectivity index (χ0) is 18.2. The van der Waals surface area contributed by atoms with Crippen LogP contribution in [-0.4, -0.2) is 24.9 Å². The second-order valence-corrected chi connectivity index (χ2v) is 7.69. The molecule has 0 atom stereocenters. The maximum atomic E-state index is 12.4. The monoisotopic (exact) mass is 357 g/mol. The highest BCUT2D eigenvalue weighted by Crippen LogP contribution is 2.25. The molecule has 0 radical (unpaired) electrons. The van der Waals surface area contributed by atoms with Crippen LogP contribution in [0.25, 0.3) is 0 Å². The maximum absolute atomic E-state index is 12.4. The van der Waals surface area contributed by atoms with Crippen molar-refractivity contribution >= 4 is 23.2 Å². The predicted octanol–water partition coefficient (Wildman–Crippen LogP) is 3.92. The van der Waals surface area contributed by atoms with Crippen LogP contribution in [0, 0.1) is 11.8 Å². The zero-order valence-corrected chi connectivity index (χ0v) is 15.6. The van der Waals surface area contributed by atoms with Crippen molar-refractivity contribution in [1.29, 1.82) is 0 Å². The van der Waals surface area contributed by atoms with Crippen molar-refractivity contribution in [2.45, 2.75) is 57.8 Å². The largest absolute Gasteiger partial charge is 0.326 e. The molecule has 1 saturated carbocycles. The van der Waals surface area contributed by atoms with Gasteiger partial charge in [0, 0.05) is 23.7 Å². The SMILES string of the molecule is O=C(CCC1CCNCC1)Nc1cccc(NC(=O)C2CCCCC2)c1. The van der Waals surface area contributed by atoms with Gasteiger partial charge in [-0.3, -0.25) is 9.59 Å². The number of hydrogen-bond donors (Lipinski definition) is 3. The first-order valence-electron chi connectivity index (χ1n) is 10.1. The van der Waals surface area contributed by atoms with Crippen molar-refractivity contribution in [3.63, 3.8) is 0 Å². The smallest absolute Gasteiger partial charge is 0.227 e. The molecule has 2 aliphatic rings. The van der Waals surface area contributed by atoms with Crippen molar-refractivity contribution in [3.8, 4) is 0 Å². The Morgan fingerprint density at radius 1 is 0.962 bits per heavy atom. The van der Waals surface area contributed by atoms with E-state index in [1.807, 2.05) is 24.3 Å². The minimum absolute atomic E-state index is 0.0549. The predicted molar refractivity (Wildman–Crippen MR) is 105 cm³/mol. The quantitative estimate of drug-likeness (QED) is 0.722. The first kappa shape index (κ1) is 18.9. The summed E-state index contributed by atoms with van der Waals surface area (Å²) >= 11 is 0. The lowest BCUT2D eigenvalue weighted by molar-refractivity contribution is -0.120. The van der Waals surface area contributed by atoms with Gasteiger partial charge in [-0.15, -0.1) is 0 Å². The molecule has 26 heavy (non-hydrogen) atoms. The third-order valence-electron chi connectivity index (χ3n) is 5.63. The van der Waals surface area contributed by atoms with Crippen LogP contribution in [0.4, 0.5) is 11.4 Å². The number of piperidine rings is 1. The molecule has 1 saturated heterocycles. The summed E-state index contributed by atoms with van der Waals surface area (Å²) in [4.78, 5) is 24.6. The summed E-state index contributed by atoms with van der Waals surface area (Å²) in [6.45, 7) is 2.13. The molecule has 3 rings (SSSR count). The normalized spacial score (nSPS) is 19.1. The van der Waals surface area contributed by atoms with E-state index in [0.29, 0.717) is 12.3 Å². The van der Waals surface area contributed by atoms with Crippen molar-refractivity contribution in [2.75, 3.05) is 23.7 Å². The minimum atomic E-state index is 0.0549. The van der Waals surface area contributed by atoms with Crippen LogP contribution in [-0.2, 0) is 9.59 Å². The van der Waals surface area contributed by atoms with E-state index in [1.165, 1.54) is 6.42 Å². The number of carbonyl (C=O) groups excluding carboxylic acids is 2. The topological polar surface area (TPSA) is 70.2 Å². The van der Waals surface area contributed by atoms with Crippen LogP contribution in [0.5, 0.6) is 0 Å². The van der Waals surface area contributed by atoms with E-state index >= 15 is 0 Å². The van der Waals surface area contributed by atoms with Gasteiger partial charge in [0.05, 0.1) is 0 Å². The summed E-state index contributed by atoms with van der Waals surface area (Å²) in [7, 11) is 0. The second-order valence-electron chi connectivity index (χ2n) is 7.69. The third-order valence-corrected chi connectivity index (χ3v) is 5.63. The summed E-state index contributed by atoms with van der Waals surface area (Å²) in [5, 5.41) is 9.33. The molecule has 3 N–H and O–H groups in total. The highest BCUT2D eigenvalue weighted by atomic mass is 16.2. The number of amides is 2. The number of rotatable bonds is 6. The molecule has 1 aromatic carbocycles. The Kier molecular flexibility index (Phi) is 7.06. The van der Waals surface area contributed by atoms with E-state index in [-0.39, 0.29) is 17.7 Å². The Morgan fingerprint density at radius 2 is 1.65 bits per heavy atom.